The molecule has 0 bridgehead atoms. The van der Waals surface area contributed by atoms with Crippen LogP contribution in [0.25, 0.3) is 6.08 Å². The van der Waals surface area contributed by atoms with Gasteiger partial charge in [0.2, 0.25) is 0 Å². The van der Waals surface area contributed by atoms with E-state index in [2.05, 4.69) is 18.2 Å². The van der Waals surface area contributed by atoms with Gasteiger partial charge in [0.25, 0.3) is 0 Å². The Bertz CT molecular complexity index is 427. The van der Waals surface area contributed by atoms with Gasteiger partial charge in [0.1, 0.15) is 6.29 Å². The zero-order chi connectivity index (χ0) is 14.8. The average molecular weight is 284 g/mol. The normalized spacial score (nSPS) is 18.4. The van der Waals surface area contributed by atoms with Gasteiger partial charge in [-0.05, 0) is 31.2 Å². The highest BCUT2D eigenvalue weighted by molar-refractivity contribution is 5.75. The van der Waals surface area contributed by atoms with Gasteiger partial charge < -0.3 is 0 Å². The number of hydrogen-bond donors (Lipinski definition) is 0. The van der Waals surface area contributed by atoms with E-state index in [4.69, 9.17) is 0 Å². The Balaban J connectivity index is 1.97. The van der Waals surface area contributed by atoms with Gasteiger partial charge in [-0.15, -0.1) is 0 Å². The maximum atomic E-state index is 10.7. The van der Waals surface area contributed by atoms with Gasteiger partial charge in [-0.1, -0.05) is 80.9 Å². The number of rotatable bonds is 2. The third-order valence-corrected chi connectivity index (χ3v) is 4.44. The number of carbonyl (C=O) groups excluding carboxylic acids is 1. The quantitative estimate of drug-likeness (QED) is 0.592. The highest BCUT2D eigenvalue weighted by atomic mass is 16.1. The zero-order valence-corrected chi connectivity index (χ0v) is 13.2. The third-order valence-electron chi connectivity index (χ3n) is 4.44. The summed E-state index contributed by atoms with van der Waals surface area (Å²) in [5.74, 6) is 0. The van der Waals surface area contributed by atoms with Gasteiger partial charge in [0.05, 0.1) is 0 Å². The third kappa shape index (κ3) is 6.29. The smallest absolute Gasteiger partial charge is 0.150 e. The molecule has 21 heavy (non-hydrogen) atoms. The van der Waals surface area contributed by atoms with Crippen LogP contribution in [0.15, 0.2) is 29.8 Å². The Morgan fingerprint density at radius 1 is 0.619 bits per heavy atom. The van der Waals surface area contributed by atoms with Crippen LogP contribution in [0.3, 0.4) is 0 Å². The average Bonchev–Trinajstić information content (AvgIpc) is 2.51. The first kappa shape index (κ1) is 16.0. The van der Waals surface area contributed by atoms with E-state index in [9.17, 15) is 4.79 Å². The van der Waals surface area contributed by atoms with Crippen LogP contribution in [-0.4, -0.2) is 6.29 Å². The topological polar surface area (TPSA) is 17.1 Å². The molecule has 0 unspecified atom stereocenters. The molecule has 114 valence electrons. The standard InChI is InChI=1S/C20H28O/c21-17-20-14-12-19(13-15-20)16-18-10-8-6-4-2-1-3-5-7-9-11-18/h12-17H,1-11H2. The van der Waals surface area contributed by atoms with E-state index in [0.717, 1.165) is 11.8 Å². The van der Waals surface area contributed by atoms with Crippen LogP contribution < -0.4 is 0 Å². The summed E-state index contributed by atoms with van der Waals surface area (Å²) in [5.41, 5.74) is 3.59. The van der Waals surface area contributed by atoms with Crippen molar-refractivity contribution < 1.29 is 4.79 Å². The minimum Gasteiger partial charge on any atom is -0.298 e. The SMILES string of the molecule is O=Cc1ccc(C=C2CCCCCCCCCCC2)cc1. The lowest BCUT2D eigenvalue weighted by atomic mass is 9.96. The maximum absolute atomic E-state index is 10.7. The molecule has 0 aromatic heterocycles. The van der Waals surface area contributed by atoms with Crippen molar-refractivity contribution in [2.24, 2.45) is 0 Å². The molecule has 1 aromatic carbocycles. The van der Waals surface area contributed by atoms with Crippen molar-refractivity contribution in [2.75, 3.05) is 0 Å². The van der Waals surface area contributed by atoms with E-state index in [0.29, 0.717) is 0 Å². The lowest BCUT2D eigenvalue weighted by Gasteiger charge is -2.10. The van der Waals surface area contributed by atoms with Gasteiger partial charge >= 0.3 is 0 Å². The van der Waals surface area contributed by atoms with Crippen LogP contribution in [0.5, 0.6) is 0 Å². The molecule has 1 nitrogen and oxygen atoms in total. The first-order valence-electron chi connectivity index (χ1n) is 8.63. The number of allylic oxidation sites excluding steroid dienone is 1. The van der Waals surface area contributed by atoms with E-state index in [-0.39, 0.29) is 0 Å². The minimum atomic E-state index is 0.760. The number of aldehydes is 1. The van der Waals surface area contributed by atoms with Gasteiger partial charge in [-0.2, -0.15) is 0 Å². The number of hydrogen-bond acceptors (Lipinski definition) is 1. The predicted octanol–water partition coefficient (Wildman–Crippen LogP) is 6.19. The summed E-state index contributed by atoms with van der Waals surface area (Å²) in [5, 5.41) is 0. The van der Waals surface area contributed by atoms with E-state index in [1.165, 1.54) is 76.2 Å². The van der Waals surface area contributed by atoms with Crippen LogP contribution in [0.4, 0.5) is 0 Å². The fraction of sp³-hybridized carbons (Fsp3) is 0.550. The monoisotopic (exact) mass is 284 g/mol. The van der Waals surface area contributed by atoms with Crippen LogP contribution >= 0.6 is 0 Å². The van der Waals surface area contributed by atoms with Gasteiger partial charge in [0, 0.05) is 5.56 Å². The molecular formula is C20H28O. The Labute approximate surface area is 129 Å². The van der Waals surface area contributed by atoms with Crippen molar-refractivity contribution >= 4 is 12.4 Å². The molecule has 0 amide bonds. The van der Waals surface area contributed by atoms with Gasteiger partial charge in [-0.25, -0.2) is 0 Å². The fourth-order valence-electron chi connectivity index (χ4n) is 3.12. The molecule has 1 aromatic rings. The van der Waals surface area contributed by atoms with Crippen molar-refractivity contribution in [2.45, 2.75) is 70.6 Å². The lowest BCUT2D eigenvalue weighted by molar-refractivity contribution is 0.112. The molecule has 1 fully saturated rings. The van der Waals surface area contributed by atoms with Crippen LogP contribution in [0, 0.1) is 0 Å². The highest BCUT2D eigenvalue weighted by Crippen LogP contribution is 2.22. The molecular weight excluding hydrogens is 256 g/mol. The Kier molecular flexibility index (Phi) is 7.28. The van der Waals surface area contributed by atoms with Crippen LogP contribution in [-0.2, 0) is 0 Å². The van der Waals surface area contributed by atoms with Crippen molar-refractivity contribution in [1.29, 1.82) is 0 Å². The summed E-state index contributed by atoms with van der Waals surface area (Å²) in [6.45, 7) is 0. The van der Waals surface area contributed by atoms with Gasteiger partial charge in [-0.3, -0.25) is 4.79 Å². The molecule has 1 aliphatic carbocycles. The van der Waals surface area contributed by atoms with Crippen molar-refractivity contribution in [3.63, 3.8) is 0 Å². The lowest BCUT2D eigenvalue weighted by Crippen LogP contribution is -1.90. The maximum Gasteiger partial charge on any atom is 0.150 e. The summed E-state index contributed by atoms with van der Waals surface area (Å²) in [7, 11) is 0. The molecule has 2 rings (SSSR count). The minimum absolute atomic E-state index is 0.760. The summed E-state index contributed by atoms with van der Waals surface area (Å²) in [6.07, 6.45) is 18.3. The molecule has 1 saturated carbocycles. The van der Waals surface area contributed by atoms with Crippen molar-refractivity contribution in [3.05, 3.63) is 41.0 Å². The van der Waals surface area contributed by atoms with E-state index < -0.39 is 0 Å². The fourth-order valence-corrected chi connectivity index (χ4v) is 3.12. The van der Waals surface area contributed by atoms with Crippen LogP contribution in [0.1, 0.15) is 86.6 Å². The van der Waals surface area contributed by atoms with Crippen LogP contribution in [0.2, 0.25) is 0 Å². The zero-order valence-electron chi connectivity index (χ0n) is 13.2. The second kappa shape index (κ2) is 9.55. The molecule has 0 N–H and O–H groups in total. The van der Waals surface area contributed by atoms with E-state index in [1.807, 2.05) is 12.1 Å². The Morgan fingerprint density at radius 2 is 1.05 bits per heavy atom. The van der Waals surface area contributed by atoms with E-state index in [1.54, 1.807) is 5.57 Å². The Morgan fingerprint density at radius 3 is 1.52 bits per heavy atom. The first-order chi connectivity index (χ1) is 10.4. The molecule has 0 spiro atoms. The summed E-state index contributed by atoms with van der Waals surface area (Å²) in [6, 6.07) is 7.95. The number of carbonyl (C=O) groups is 1. The Hall–Kier alpha value is -1.37. The summed E-state index contributed by atoms with van der Waals surface area (Å²) >= 11 is 0. The predicted molar refractivity (Wildman–Crippen MR) is 90.6 cm³/mol. The second-order valence-corrected chi connectivity index (χ2v) is 6.27. The summed E-state index contributed by atoms with van der Waals surface area (Å²) < 4.78 is 0. The van der Waals surface area contributed by atoms with Gasteiger partial charge in [0.15, 0.2) is 0 Å². The molecule has 1 heteroatoms. The number of benzene rings is 1. The molecule has 0 saturated heterocycles. The van der Waals surface area contributed by atoms with Crippen molar-refractivity contribution in [3.8, 4) is 0 Å². The highest BCUT2D eigenvalue weighted by Gasteiger charge is 2.02. The second-order valence-electron chi connectivity index (χ2n) is 6.27. The molecule has 0 radical (unpaired) electrons. The summed E-state index contributed by atoms with van der Waals surface area (Å²) in [4.78, 5) is 10.7. The van der Waals surface area contributed by atoms with E-state index >= 15 is 0 Å². The molecule has 0 heterocycles. The molecule has 1 aliphatic rings. The first-order valence-corrected chi connectivity index (χ1v) is 8.63. The molecule has 0 atom stereocenters. The van der Waals surface area contributed by atoms with Crippen molar-refractivity contribution in [1.82, 2.24) is 0 Å². The largest absolute Gasteiger partial charge is 0.298 e. The molecule has 0 aliphatic heterocycles.